The van der Waals surface area contributed by atoms with E-state index >= 15 is 0 Å². The fourth-order valence-corrected chi connectivity index (χ4v) is 0.873. The van der Waals surface area contributed by atoms with Crippen LogP contribution in [0.4, 0.5) is 5.69 Å². The molecule has 0 bridgehead atoms. The summed E-state index contributed by atoms with van der Waals surface area (Å²) >= 11 is 5.51. The molecule has 1 rings (SSSR count). The van der Waals surface area contributed by atoms with Crippen molar-refractivity contribution in [1.82, 2.24) is 4.98 Å². The zero-order chi connectivity index (χ0) is 9.30. The predicted octanol–water partition coefficient (Wildman–Crippen LogP) is 1.24. The van der Waals surface area contributed by atoms with Gasteiger partial charge in [0.1, 0.15) is 5.15 Å². The van der Waals surface area contributed by atoms with Crippen LogP contribution in [0.1, 0.15) is 5.56 Å². The van der Waals surface area contributed by atoms with Crippen LogP contribution in [0, 0.1) is 17.0 Å². The Morgan fingerprint density at radius 1 is 1.67 bits per heavy atom. The second-order valence-corrected chi connectivity index (χ2v) is 2.58. The lowest BCUT2D eigenvalue weighted by Crippen LogP contribution is -2.11. The van der Waals surface area contributed by atoms with Crippen LogP contribution >= 0.6 is 11.6 Å². The maximum absolute atomic E-state index is 11.1. The SMILES string of the molecule is Cc1c(Cl)[nH]cc([N+](=O)[O-])c1=O. The lowest BCUT2D eigenvalue weighted by atomic mass is 10.3. The highest BCUT2D eigenvalue weighted by atomic mass is 35.5. The first kappa shape index (κ1) is 8.73. The highest BCUT2D eigenvalue weighted by Gasteiger charge is 2.14. The molecule has 1 aromatic heterocycles. The molecule has 0 aromatic carbocycles. The summed E-state index contributed by atoms with van der Waals surface area (Å²) in [6.07, 6.45) is 0.984. The Kier molecular flexibility index (Phi) is 2.14. The van der Waals surface area contributed by atoms with Crippen LogP contribution in [0.15, 0.2) is 11.0 Å². The number of hydrogen-bond donors (Lipinski definition) is 1. The molecule has 64 valence electrons. The lowest BCUT2D eigenvalue weighted by molar-refractivity contribution is -0.386. The minimum Gasteiger partial charge on any atom is -0.346 e. The molecule has 0 amide bonds. The highest BCUT2D eigenvalue weighted by Crippen LogP contribution is 2.10. The van der Waals surface area contributed by atoms with Gasteiger partial charge in [0.2, 0.25) is 0 Å². The summed E-state index contributed by atoms with van der Waals surface area (Å²) in [6.45, 7) is 1.42. The second-order valence-electron chi connectivity index (χ2n) is 2.20. The average Bonchev–Trinajstić information content (AvgIpc) is 2.00. The van der Waals surface area contributed by atoms with Gasteiger partial charge >= 0.3 is 5.69 Å². The number of nitrogens with one attached hydrogen (secondary N) is 1. The summed E-state index contributed by atoms with van der Waals surface area (Å²) in [4.78, 5) is 23.0. The molecule has 0 saturated carbocycles. The van der Waals surface area contributed by atoms with E-state index < -0.39 is 16.0 Å². The highest BCUT2D eigenvalue weighted by molar-refractivity contribution is 6.30. The minimum absolute atomic E-state index is 0.130. The van der Waals surface area contributed by atoms with E-state index in [0.717, 1.165) is 6.20 Å². The summed E-state index contributed by atoms with van der Waals surface area (Å²) in [7, 11) is 0. The Hall–Kier alpha value is -1.36. The molecule has 0 aliphatic carbocycles. The number of hydrogen-bond acceptors (Lipinski definition) is 3. The number of aromatic amines is 1. The molecule has 0 saturated heterocycles. The Bertz CT molecular complexity index is 385. The zero-order valence-electron chi connectivity index (χ0n) is 6.13. The van der Waals surface area contributed by atoms with E-state index in [1.165, 1.54) is 6.92 Å². The third kappa shape index (κ3) is 1.31. The van der Waals surface area contributed by atoms with Gasteiger partial charge in [0.25, 0.3) is 5.43 Å². The van der Waals surface area contributed by atoms with Crippen LogP contribution in [0.3, 0.4) is 0 Å². The summed E-state index contributed by atoms with van der Waals surface area (Å²) in [5.41, 5.74) is -0.980. The van der Waals surface area contributed by atoms with Crippen molar-refractivity contribution in [3.8, 4) is 0 Å². The summed E-state index contributed by atoms with van der Waals surface area (Å²) < 4.78 is 0. The molecule has 12 heavy (non-hydrogen) atoms. The van der Waals surface area contributed by atoms with Gasteiger partial charge in [0, 0.05) is 5.56 Å². The quantitative estimate of drug-likeness (QED) is 0.409. The van der Waals surface area contributed by atoms with Crippen molar-refractivity contribution in [2.24, 2.45) is 0 Å². The Balaban J connectivity index is 3.47. The summed E-state index contributed by atoms with van der Waals surface area (Å²) in [5, 5.41) is 10.4. The molecule has 1 N–H and O–H groups in total. The van der Waals surface area contributed by atoms with Gasteiger partial charge in [-0.05, 0) is 6.92 Å². The van der Waals surface area contributed by atoms with Crippen LogP contribution < -0.4 is 5.43 Å². The fraction of sp³-hybridized carbons (Fsp3) is 0.167. The van der Waals surface area contributed by atoms with Gasteiger partial charge in [-0.15, -0.1) is 0 Å². The number of pyridine rings is 1. The van der Waals surface area contributed by atoms with Crippen LogP contribution in [0.2, 0.25) is 5.15 Å². The van der Waals surface area contributed by atoms with Crippen molar-refractivity contribution in [3.05, 3.63) is 37.3 Å². The molecule has 5 nitrogen and oxygen atoms in total. The smallest absolute Gasteiger partial charge is 0.332 e. The van der Waals surface area contributed by atoms with E-state index in [-0.39, 0.29) is 10.7 Å². The van der Waals surface area contributed by atoms with Crippen molar-refractivity contribution in [3.63, 3.8) is 0 Å². The molecule has 1 aromatic rings. The Morgan fingerprint density at radius 2 is 2.25 bits per heavy atom. The Labute approximate surface area is 72.1 Å². The maximum atomic E-state index is 11.1. The van der Waals surface area contributed by atoms with Gasteiger partial charge in [-0.3, -0.25) is 14.9 Å². The molecule has 0 spiro atoms. The van der Waals surface area contributed by atoms with Gasteiger partial charge in [0.15, 0.2) is 0 Å². The van der Waals surface area contributed by atoms with E-state index in [4.69, 9.17) is 11.6 Å². The first-order valence-corrected chi connectivity index (χ1v) is 3.44. The molecule has 0 aliphatic heterocycles. The van der Waals surface area contributed by atoms with E-state index in [1.807, 2.05) is 0 Å². The topological polar surface area (TPSA) is 76.0 Å². The van der Waals surface area contributed by atoms with Gasteiger partial charge < -0.3 is 4.98 Å². The average molecular weight is 189 g/mol. The Morgan fingerprint density at radius 3 is 2.75 bits per heavy atom. The number of aromatic nitrogens is 1. The van der Waals surface area contributed by atoms with Crippen LogP contribution in [-0.2, 0) is 0 Å². The van der Waals surface area contributed by atoms with Gasteiger partial charge in [-0.2, -0.15) is 0 Å². The third-order valence-corrected chi connectivity index (χ3v) is 1.83. The first-order valence-electron chi connectivity index (χ1n) is 3.06. The van der Waals surface area contributed by atoms with Crippen LogP contribution in [-0.4, -0.2) is 9.91 Å². The van der Waals surface area contributed by atoms with E-state index in [1.54, 1.807) is 0 Å². The number of nitro groups is 1. The number of halogens is 1. The molecule has 0 unspecified atom stereocenters. The normalized spacial score (nSPS) is 9.83. The van der Waals surface area contributed by atoms with E-state index in [0.29, 0.717) is 0 Å². The summed E-state index contributed by atoms with van der Waals surface area (Å²) in [6, 6.07) is 0. The van der Waals surface area contributed by atoms with Crippen molar-refractivity contribution in [2.45, 2.75) is 6.92 Å². The number of nitrogens with zero attached hydrogens (tertiary/aromatic N) is 1. The van der Waals surface area contributed by atoms with Crippen molar-refractivity contribution < 1.29 is 4.92 Å². The van der Waals surface area contributed by atoms with Gasteiger partial charge in [-0.25, -0.2) is 0 Å². The second kappa shape index (κ2) is 2.94. The first-order chi connectivity index (χ1) is 5.54. The van der Waals surface area contributed by atoms with E-state index in [2.05, 4.69) is 4.98 Å². The standard InChI is InChI=1S/C6H5ClN2O3/c1-3-5(10)4(9(11)12)2-8-6(3)7/h2H,1H3,(H,8,10). The third-order valence-electron chi connectivity index (χ3n) is 1.43. The van der Waals surface area contributed by atoms with Crippen molar-refractivity contribution >= 4 is 17.3 Å². The number of H-pyrrole nitrogens is 1. The largest absolute Gasteiger partial charge is 0.346 e. The monoisotopic (exact) mass is 188 g/mol. The molecule has 6 heteroatoms. The van der Waals surface area contributed by atoms with Crippen LogP contribution in [0.5, 0.6) is 0 Å². The van der Waals surface area contributed by atoms with Crippen molar-refractivity contribution in [2.75, 3.05) is 0 Å². The lowest BCUT2D eigenvalue weighted by Gasteiger charge is -1.95. The van der Waals surface area contributed by atoms with Gasteiger partial charge in [0.05, 0.1) is 11.1 Å². The molecule has 0 fully saturated rings. The molecule has 0 atom stereocenters. The van der Waals surface area contributed by atoms with Gasteiger partial charge in [-0.1, -0.05) is 11.6 Å². The molecular formula is C6H5ClN2O3. The zero-order valence-corrected chi connectivity index (χ0v) is 6.88. The van der Waals surface area contributed by atoms with Crippen molar-refractivity contribution in [1.29, 1.82) is 0 Å². The molecule has 1 heterocycles. The fourth-order valence-electron chi connectivity index (χ4n) is 0.733. The van der Waals surface area contributed by atoms with E-state index in [9.17, 15) is 14.9 Å². The summed E-state index contributed by atoms with van der Waals surface area (Å²) in [5.74, 6) is 0. The molecule has 0 radical (unpaired) electrons. The predicted molar refractivity (Wildman–Crippen MR) is 43.5 cm³/mol. The minimum atomic E-state index is -0.748. The van der Waals surface area contributed by atoms with Crippen LogP contribution in [0.25, 0.3) is 0 Å². The number of rotatable bonds is 1. The molecule has 0 aliphatic rings. The molecular weight excluding hydrogens is 184 g/mol. The maximum Gasteiger partial charge on any atom is 0.332 e.